The highest BCUT2D eigenvalue weighted by Gasteiger charge is 2.49. The first-order valence-electron chi connectivity index (χ1n) is 12.4. The molecule has 1 N–H and O–H groups in total. The maximum atomic E-state index is 14.1. The van der Waals surface area contributed by atoms with Crippen LogP contribution in [0, 0.1) is 11.8 Å². The van der Waals surface area contributed by atoms with E-state index in [-0.39, 0.29) is 36.7 Å². The van der Waals surface area contributed by atoms with Crippen LogP contribution < -0.4 is 5.32 Å². The normalized spacial score (nSPS) is 22.1. The molecule has 12 heteroatoms. The molecule has 0 spiro atoms. The van der Waals surface area contributed by atoms with Gasteiger partial charge in [0, 0.05) is 32.8 Å². The van der Waals surface area contributed by atoms with Crippen molar-refractivity contribution in [3.63, 3.8) is 0 Å². The molecule has 0 radical (unpaired) electrons. The number of rotatable bonds is 6. The zero-order valence-electron chi connectivity index (χ0n) is 20.6. The average Bonchev–Trinajstić information content (AvgIpc) is 3.51. The maximum absolute atomic E-state index is 14.1. The first kappa shape index (κ1) is 27.0. The van der Waals surface area contributed by atoms with Crippen LogP contribution in [-0.4, -0.2) is 72.2 Å². The van der Waals surface area contributed by atoms with Gasteiger partial charge in [-0.2, -0.15) is 13.2 Å². The van der Waals surface area contributed by atoms with E-state index in [0.717, 1.165) is 18.2 Å². The Morgan fingerprint density at radius 2 is 1.92 bits per heavy atom. The second kappa shape index (κ2) is 10.5. The Bertz CT molecular complexity index is 1220. The molecule has 3 atom stereocenters. The first-order chi connectivity index (χ1) is 18.0. The maximum Gasteiger partial charge on any atom is 0.414 e. The van der Waals surface area contributed by atoms with Crippen LogP contribution in [0.2, 0.25) is 10.0 Å². The molecule has 2 unspecified atom stereocenters. The number of nitrogens with one attached hydrogen (secondary N) is 1. The van der Waals surface area contributed by atoms with Crippen molar-refractivity contribution in [1.82, 2.24) is 14.8 Å². The van der Waals surface area contributed by atoms with Crippen LogP contribution in [0.5, 0.6) is 0 Å². The highest BCUT2D eigenvalue weighted by atomic mass is 35.5. The molecule has 204 valence electrons. The lowest BCUT2D eigenvalue weighted by molar-refractivity contribution is -0.193. The zero-order chi connectivity index (χ0) is 27.2. The summed E-state index contributed by atoms with van der Waals surface area (Å²) in [4.78, 5) is 31.7. The largest absolute Gasteiger partial charge is 0.414 e. The summed E-state index contributed by atoms with van der Waals surface area (Å²) in [6, 6.07) is 4.29. The molecule has 1 aliphatic carbocycles. The van der Waals surface area contributed by atoms with E-state index in [1.165, 1.54) is 23.2 Å². The summed E-state index contributed by atoms with van der Waals surface area (Å²) in [6.45, 7) is 1.08. The van der Waals surface area contributed by atoms with Gasteiger partial charge in [-0.25, -0.2) is 0 Å². The summed E-state index contributed by atoms with van der Waals surface area (Å²) in [5, 5.41) is 4.30. The van der Waals surface area contributed by atoms with Gasteiger partial charge in [-0.05, 0) is 48.6 Å². The van der Waals surface area contributed by atoms with E-state index in [2.05, 4.69) is 10.3 Å². The number of carbonyl (C=O) groups is 2. The number of anilines is 1. The van der Waals surface area contributed by atoms with Crippen molar-refractivity contribution < 1.29 is 27.5 Å². The number of likely N-dealkylation sites (tertiary alicyclic amines) is 1. The van der Waals surface area contributed by atoms with Crippen molar-refractivity contribution >= 4 is 40.7 Å². The van der Waals surface area contributed by atoms with Crippen LogP contribution in [0.4, 0.5) is 18.9 Å². The van der Waals surface area contributed by atoms with Gasteiger partial charge in [0.2, 0.25) is 11.8 Å². The Morgan fingerprint density at radius 1 is 1.16 bits per heavy atom. The third-order valence-corrected chi connectivity index (χ3v) is 8.36. The van der Waals surface area contributed by atoms with Crippen LogP contribution in [0.15, 0.2) is 30.5 Å². The number of aromatic nitrogens is 1. The number of carbonyl (C=O) groups excluding carboxylic acids is 2. The number of hydrogen-bond donors (Lipinski definition) is 1. The van der Waals surface area contributed by atoms with Crippen LogP contribution in [0.3, 0.4) is 0 Å². The second-order valence-electron chi connectivity index (χ2n) is 10.1. The number of fused-ring (bicyclic) bond motifs is 1. The quantitative estimate of drug-likeness (QED) is 0.552. The lowest BCUT2D eigenvalue weighted by Crippen LogP contribution is -2.58. The molecular formula is C26H27Cl2F3N4O3. The summed E-state index contributed by atoms with van der Waals surface area (Å²) >= 11 is 12.4. The number of amides is 2. The van der Waals surface area contributed by atoms with Crippen molar-refractivity contribution in [2.75, 3.05) is 38.7 Å². The number of benzene rings is 1. The number of hydrogen-bond acceptors (Lipinski definition) is 5. The molecule has 1 aromatic heterocycles. The SMILES string of the molecule is CN(C(=O)C1CN(C(=O)C2CCOC2)C1)[C@@H](c1ccc(NC2Cc3ccc(Cl)c(Cl)c3C2)cn1)C(F)(F)F. The molecule has 3 aliphatic rings. The Labute approximate surface area is 228 Å². The molecule has 2 amide bonds. The van der Waals surface area contributed by atoms with Crippen molar-refractivity contribution in [3.8, 4) is 0 Å². The Morgan fingerprint density at radius 3 is 2.55 bits per heavy atom. The third kappa shape index (κ3) is 5.31. The van der Waals surface area contributed by atoms with Crippen molar-refractivity contribution in [3.05, 3.63) is 57.3 Å². The van der Waals surface area contributed by atoms with Gasteiger partial charge in [0.1, 0.15) is 0 Å². The van der Waals surface area contributed by atoms with Crippen molar-refractivity contribution in [2.45, 2.75) is 37.5 Å². The molecule has 2 aromatic rings. The van der Waals surface area contributed by atoms with E-state index in [1.54, 1.807) is 6.07 Å². The number of alkyl halides is 3. The van der Waals surface area contributed by atoms with Gasteiger partial charge < -0.3 is 19.9 Å². The molecule has 2 aliphatic heterocycles. The molecule has 38 heavy (non-hydrogen) atoms. The fourth-order valence-electron chi connectivity index (χ4n) is 5.42. The molecule has 0 saturated carbocycles. The summed E-state index contributed by atoms with van der Waals surface area (Å²) in [6.07, 6.45) is -1.43. The number of nitrogens with zero attached hydrogens (tertiary/aromatic N) is 3. The monoisotopic (exact) mass is 570 g/mol. The average molecular weight is 571 g/mol. The van der Waals surface area contributed by atoms with Gasteiger partial charge in [0.25, 0.3) is 0 Å². The van der Waals surface area contributed by atoms with Gasteiger partial charge in [0.15, 0.2) is 6.04 Å². The van der Waals surface area contributed by atoms with Gasteiger partial charge in [-0.3, -0.25) is 14.6 Å². The molecule has 0 bridgehead atoms. The summed E-state index contributed by atoms with van der Waals surface area (Å²) in [7, 11) is 1.13. The van der Waals surface area contributed by atoms with E-state index in [4.69, 9.17) is 27.9 Å². The minimum Gasteiger partial charge on any atom is -0.381 e. The van der Waals surface area contributed by atoms with Gasteiger partial charge in [-0.1, -0.05) is 29.3 Å². The fraction of sp³-hybridized carbons (Fsp3) is 0.500. The lowest BCUT2D eigenvalue weighted by atomic mass is 9.94. The Balaban J connectivity index is 1.22. The highest BCUT2D eigenvalue weighted by Crippen LogP contribution is 2.39. The number of ether oxygens (including phenoxy) is 1. The van der Waals surface area contributed by atoms with Gasteiger partial charge in [-0.15, -0.1) is 0 Å². The topological polar surface area (TPSA) is 74.8 Å². The molecule has 7 nitrogen and oxygen atoms in total. The second-order valence-corrected chi connectivity index (χ2v) is 10.9. The molecular weight excluding hydrogens is 544 g/mol. The third-order valence-electron chi connectivity index (χ3n) is 7.51. The summed E-state index contributed by atoms with van der Waals surface area (Å²) in [5.41, 5.74) is 2.32. The van der Waals surface area contributed by atoms with E-state index in [1.807, 2.05) is 6.07 Å². The molecule has 5 rings (SSSR count). The lowest BCUT2D eigenvalue weighted by Gasteiger charge is -2.42. The van der Waals surface area contributed by atoms with Crippen LogP contribution in [0.25, 0.3) is 0 Å². The number of halogens is 5. The highest BCUT2D eigenvalue weighted by molar-refractivity contribution is 6.42. The van der Waals surface area contributed by atoms with Crippen LogP contribution >= 0.6 is 23.2 Å². The van der Waals surface area contributed by atoms with Crippen molar-refractivity contribution in [1.29, 1.82) is 0 Å². The van der Waals surface area contributed by atoms with Crippen LogP contribution in [0.1, 0.15) is 29.3 Å². The minimum atomic E-state index is -4.73. The number of pyridine rings is 1. The Hall–Kier alpha value is -2.56. The zero-order valence-corrected chi connectivity index (χ0v) is 22.1. The summed E-state index contributed by atoms with van der Waals surface area (Å²) < 4.78 is 47.6. The fourth-order valence-corrected chi connectivity index (χ4v) is 5.86. The Kier molecular flexibility index (Phi) is 7.50. The molecule has 3 heterocycles. The van der Waals surface area contributed by atoms with E-state index >= 15 is 0 Å². The van der Waals surface area contributed by atoms with Crippen molar-refractivity contribution in [2.24, 2.45) is 11.8 Å². The molecule has 2 saturated heterocycles. The van der Waals surface area contributed by atoms with E-state index in [0.29, 0.717) is 53.1 Å². The smallest absolute Gasteiger partial charge is 0.381 e. The molecule has 2 fully saturated rings. The first-order valence-corrected chi connectivity index (χ1v) is 13.2. The molecule has 1 aromatic carbocycles. The summed E-state index contributed by atoms with van der Waals surface area (Å²) in [5.74, 6) is -1.69. The standard InChI is InChI=1S/C26H27Cl2F3N4O3/c1-34(24(36)16-11-35(12-16)25(37)15-6-7-38-13-15)23(26(29,30)31)21-5-3-17(10-32-21)33-18-8-14-2-4-20(27)22(28)19(14)9-18/h2-5,10,15-16,18,23,33H,6-9,11-13H2,1H3/t15?,18?,23-/m0/s1. The van der Waals surface area contributed by atoms with Gasteiger partial charge >= 0.3 is 6.18 Å². The van der Waals surface area contributed by atoms with E-state index in [9.17, 15) is 22.8 Å². The van der Waals surface area contributed by atoms with Crippen LogP contribution in [-0.2, 0) is 27.2 Å². The predicted octanol–water partition coefficient (Wildman–Crippen LogP) is 4.52. The van der Waals surface area contributed by atoms with E-state index < -0.39 is 24.0 Å². The minimum absolute atomic E-state index is 0.00338. The predicted molar refractivity (Wildman–Crippen MR) is 136 cm³/mol. The van der Waals surface area contributed by atoms with Gasteiger partial charge in [0.05, 0.1) is 46.1 Å².